The molecule has 0 rings (SSSR count). The van der Waals surface area contributed by atoms with Crippen LogP contribution in [0.2, 0.25) is 19.1 Å². The average Bonchev–Trinajstić information content (AvgIpc) is 2.34. The summed E-state index contributed by atoms with van der Waals surface area (Å²) >= 11 is 0. The van der Waals surface area contributed by atoms with Crippen LogP contribution in [0.4, 0.5) is 13.2 Å². The minimum atomic E-state index is -6.00. The molecule has 0 aliphatic heterocycles. The SMILES string of the molecule is CO[Si](C)(C)CCCCCCOS(=O)(=O)NS(=O)(=O)C(F)(F)F. The summed E-state index contributed by atoms with van der Waals surface area (Å²) in [6.45, 7) is 3.73. The molecule has 0 atom stereocenters. The lowest BCUT2D eigenvalue weighted by molar-refractivity contribution is -0.0442. The number of nitrogens with one attached hydrogen (secondary N) is 1. The van der Waals surface area contributed by atoms with Gasteiger partial charge >= 0.3 is 25.8 Å². The third-order valence-corrected chi connectivity index (χ3v) is 8.42. The Morgan fingerprint density at radius 3 is 2.00 bits per heavy atom. The molecule has 0 amide bonds. The van der Waals surface area contributed by atoms with Crippen LogP contribution in [0.15, 0.2) is 0 Å². The van der Waals surface area contributed by atoms with Gasteiger partial charge in [0.15, 0.2) is 8.32 Å². The molecule has 7 nitrogen and oxygen atoms in total. The summed E-state index contributed by atoms with van der Waals surface area (Å²) in [5.41, 5.74) is -5.72. The molecule has 0 spiro atoms. The van der Waals surface area contributed by atoms with E-state index >= 15 is 0 Å². The summed E-state index contributed by atoms with van der Waals surface area (Å²) in [5, 5.41) is 0. The molecule has 0 radical (unpaired) electrons. The fourth-order valence-electron chi connectivity index (χ4n) is 1.48. The zero-order valence-corrected chi connectivity index (χ0v) is 15.8. The van der Waals surface area contributed by atoms with Crippen LogP contribution >= 0.6 is 0 Å². The Morgan fingerprint density at radius 1 is 1.00 bits per heavy atom. The lowest BCUT2D eigenvalue weighted by Gasteiger charge is -2.19. The van der Waals surface area contributed by atoms with Gasteiger partial charge in [0.05, 0.1) is 6.61 Å². The predicted molar refractivity (Wildman–Crippen MR) is 80.7 cm³/mol. The Hall–Kier alpha value is -0.213. The second-order valence-electron chi connectivity index (χ2n) is 5.44. The zero-order valence-electron chi connectivity index (χ0n) is 13.1. The summed E-state index contributed by atoms with van der Waals surface area (Å²) in [6.07, 6.45) is 2.57. The second-order valence-corrected chi connectivity index (χ2v) is 13.1. The van der Waals surface area contributed by atoms with Crippen LogP contribution in [0.1, 0.15) is 25.7 Å². The molecule has 0 saturated heterocycles. The maximum Gasteiger partial charge on any atom is 0.512 e. The minimum absolute atomic E-state index is 0.280. The number of rotatable bonds is 11. The van der Waals surface area contributed by atoms with Crippen molar-refractivity contribution in [3.05, 3.63) is 0 Å². The van der Waals surface area contributed by atoms with Gasteiger partial charge in [-0.05, 0) is 25.6 Å². The number of sulfonamides is 1. The molecular weight excluding hydrogens is 379 g/mol. The van der Waals surface area contributed by atoms with Crippen molar-refractivity contribution in [3.63, 3.8) is 0 Å². The highest BCUT2D eigenvalue weighted by atomic mass is 32.3. The maximum atomic E-state index is 12.0. The highest BCUT2D eigenvalue weighted by molar-refractivity contribution is 8.03. The van der Waals surface area contributed by atoms with E-state index in [-0.39, 0.29) is 6.42 Å². The molecule has 0 aromatic heterocycles. The average molecular weight is 402 g/mol. The molecule has 0 bridgehead atoms. The molecule has 0 aliphatic rings. The molecule has 23 heavy (non-hydrogen) atoms. The summed E-state index contributed by atoms with van der Waals surface area (Å²) in [6, 6.07) is 0.939. The summed E-state index contributed by atoms with van der Waals surface area (Å²) < 4.78 is 89.7. The lowest BCUT2D eigenvalue weighted by Crippen LogP contribution is -2.41. The van der Waals surface area contributed by atoms with Gasteiger partial charge < -0.3 is 4.43 Å². The quantitative estimate of drug-likeness (QED) is 0.420. The summed E-state index contributed by atoms with van der Waals surface area (Å²) in [5.74, 6) is 0. The molecule has 0 heterocycles. The summed E-state index contributed by atoms with van der Waals surface area (Å²) in [7, 11) is -11.0. The van der Waals surface area contributed by atoms with Crippen molar-refractivity contribution >= 4 is 28.6 Å². The monoisotopic (exact) mass is 401 g/mol. The van der Waals surface area contributed by atoms with Gasteiger partial charge in [-0.15, -0.1) is 0 Å². The predicted octanol–water partition coefficient (Wildman–Crippen LogP) is 2.10. The van der Waals surface area contributed by atoms with Gasteiger partial charge in [0.1, 0.15) is 0 Å². The van der Waals surface area contributed by atoms with Crippen molar-refractivity contribution < 1.29 is 38.6 Å². The molecule has 0 aromatic rings. The number of hydrogen-bond acceptors (Lipinski definition) is 6. The minimum Gasteiger partial charge on any atom is -0.420 e. The van der Waals surface area contributed by atoms with E-state index in [0.29, 0.717) is 10.5 Å². The number of alkyl halides is 3. The first-order valence-electron chi connectivity index (χ1n) is 6.77. The van der Waals surface area contributed by atoms with Crippen molar-refractivity contribution in [3.8, 4) is 0 Å². The lowest BCUT2D eigenvalue weighted by atomic mass is 10.2. The van der Waals surface area contributed by atoms with E-state index in [4.69, 9.17) is 4.43 Å². The van der Waals surface area contributed by atoms with Crippen molar-refractivity contribution in [1.29, 1.82) is 0 Å². The molecule has 0 fully saturated rings. The van der Waals surface area contributed by atoms with Crippen LogP contribution in [-0.2, 0) is 28.9 Å². The van der Waals surface area contributed by atoms with Gasteiger partial charge in [0, 0.05) is 7.11 Å². The first-order chi connectivity index (χ1) is 10.2. The Bertz CT molecular complexity index is 562. The first-order valence-corrected chi connectivity index (χ1v) is 12.8. The van der Waals surface area contributed by atoms with E-state index in [0.717, 1.165) is 18.9 Å². The van der Waals surface area contributed by atoms with Crippen LogP contribution < -0.4 is 4.13 Å². The van der Waals surface area contributed by atoms with Crippen molar-refractivity contribution in [2.45, 2.75) is 50.3 Å². The second kappa shape index (κ2) is 8.76. The molecule has 13 heteroatoms. The normalized spacial score (nSPS) is 14.2. The van der Waals surface area contributed by atoms with Crippen LogP contribution in [0.3, 0.4) is 0 Å². The van der Waals surface area contributed by atoms with Gasteiger partial charge in [-0.25, -0.2) is 8.42 Å². The third kappa shape index (κ3) is 9.61. The van der Waals surface area contributed by atoms with Crippen molar-refractivity contribution in [1.82, 2.24) is 4.13 Å². The topological polar surface area (TPSA) is 98.8 Å². The van der Waals surface area contributed by atoms with E-state index in [2.05, 4.69) is 17.3 Å². The van der Waals surface area contributed by atoms with Crippen LogP contribution in [-0.4, -0.2) is 44.4 Å². The van der Waals surface area contributed by atoms with E-state index in [9.17, 15) is 30.0 Å². The molecule has 0 saturated carbocycles. The standard InChI is InChI=1S/C10H22F3NO6S2Si/c1-19-23(2,3)9-7-5-4-6-8-20-22(17,18)14-21(15,16)10(11,12)13/h14H,4-9H2,1-3H3. The number of hydrogen-bond donors (Lipinski definition) is 1. The van der Waals surface area contributed by atoms with Gasteiger partial charge in [-0.2, -0.15) is 21.6 Å². The van der Waals surface area contributed by atoms with Crippen molar-refractivity contribution in [2.24, 2.45) is 0 Å². The molecule has 0 aliphatic carbocycles. The maximum absolute atomic E-state index is 12.0. The Morgan fingerprint density at radius 2 is 1.52 bits per heavy atom. The van der Waals surface area contributed by atoms with Gasteiger partial charge in [-0.1, -0.05) is 23.4 Å². The molecule has 140 valence electrons. The van der Waals surface area contributed by atoms with E-state index in [1.807, 2.05) is 0 Å². The van der Waals surface area contributed by atoms with Crippen LogP contribution in [0.5, 0.6) is 0 Å². The van der Waals surface area contributed by atoms with E-state index in [1.165, 1.54) is 0 Å². The highest BCUT2D eigenvalue weighted by Gasteiger charge is 2.48. The van der Waals surface area contributed by atoms with E-state index < -0.39 is 40.8 Å². The molecule has 1 N–H and O–H groups in total. The Balaban J connectivity index is 4.06. The molecule has 0 aromatic carbocycles. The highest BCUT2D eigenvalue weighted by Crippen LogP contribution is 2.22. The number of unbranched alkanes of at least 4 members (excludes halogenated alkanes) is 3. The van der Waals surface area contributed by atoms with E-state index in [1.54, 1.807) is 7.11 Å². The largest absolute Gasteiger partial charge is 0.512 e. The Labute approximate surface area is 136 Å². The summed E-state index contributed by atoms with van der Waals surface area (Å²) in [4.78, 5) is 0. The zero-order chi connectivity index (χ0) is 18.4. The molecule has 0 unspecified atom stereocenters. The smallest absolute Gasteiger partial charge is 0.420 e. The van der Waals surface area contributed by atoms with Crippen molar-refractivity contribution in [2.75, 3.05) is 13.7 Å². The fourth-order valence-corrected chi connectivity index (χ4v) is 4.77. The third-order valence-electron chi connectivity index (χ3n) is 2.98. The Kier molecular flexibility index (Phi) is 8.68. The first kappa shape index (κ1) is 22.8. The van der Waals surface area contributed by atoms with Crippen LogP contribution in [0.25, 0.3) is 0 Å². The van der Waals surface area contributed by atoms with Crippen LogP contribution in [0, 0.1) is 0 Å². The fraction of sp³-hybridized carbons (Fsp3) is 1.00. The van der Waals surface area contributed by atoms with Gasteiger partial charge in [0.25, 0.3) is 0 Å². The van der Waals surface area contributed by atoms with Gasteiger partial charge in [-0.3, -0.25) is 4.18 Å². The molecular formula is C10H22F3NO6S2Si. The van der Waals surface area contributed by atoms with Gasteiger partial charge in [0.2, 0.25) is 0 Å². The number of halogens is 3.